The summed E-state index contributed by atoms with van der Waals surface area (Å²) >= 11 is 0. The third-order valence-electron chi connectivity index (χ3n) is 5.21. The summed E-state index contributed by atoms with van der Waals surface area (Å²) in [6, 6.07) is 6.70. The SMILES string of the molecule is C=C(c1ccco1)N1CCC(CCCCCN/C(=N/C#N)Nc2ccnc(F)c2)C1. The lowest BCUT2D eigenvalue weighted by atomic mass is 10.0. The van der Waals surface area contributed by atoms with Crippen LogP contribution in [0.4, 0.5) is 10.1 Å². The zero-order valence-electron chi connectivity index (χ0n) is 17.0. The molecule has 3 rings (SSSR count). The number of hydrogen-bond acceptors (Lipinski definition) is 5. The van der Waals surface area contributed by atoms with Crippen LogP contribution in [0.2, 0.25) is 0 Å². The van der Waals surface area contributed by atoms with Crippen molar-refractivity contribution in [3.05, 3.63) is 55.0 Å². The van der Waals surface area contributed by atoms with Crippen LogP contribution < -0.4 is 10.6 Å². The first-order valence-corrected chi connectivity index (χ1v) is 10.2. The average Bonchev–Trinajstić information content (AvgIpc) is 3.42. The van der Waals surface area contributed by atoms with E-state index in [2.05, 4.69) is 32.1 Å². The zero-order valence-corrected chi connectivity index (χ0v) is 17.0. The molecule has 0 aliphatic carbocycles. The van der Waals surface area contributed by atoms with Crippen molar-refractivity contribution < 1.29 is 8.81 Å². The van der Waals surface area contributed by atoms with Gasteiger partial charge in [-0.2, -0.15) is 9.65 Å². The van der Waals surface area contributed by atoms with Crippen LogP contribution in [0.25, 0.3) is 5.70 Å². The summed E-state index contributed by atoms with van der Waals surface area (Å²) in [6.45, 7) is 6.91. The highest BCUT2D eigenvalue weighted by Gasteiger charge is 2.24. The molecule has 3 heterocycles. The highest BCUT2D eigenvalue weighted by atomic mass is 19.1. The van der Waals surface area contributed by atoms with E-state index in [1.807, 2.05) is 12.1 Å². The number of rotatable bonds is 9. The van der Waals surface area contributed by atoms with Gasteiger partial charge in [-0.1, -0.05) is 19.4 Å². The predicted octanol–water partition coefficient (Wildman–Crippen LogP) is 4.21. The number of likely N-dealkylation sites (tertiary alicyclic amines) is 1. The number of furan rings is 1. The van der Waals surface area contributed by atoms with Gasteiger partial charge >= 0.3 is 0 Å². The quantitative estimate of drug-likeness (QED) is 0.212. The lowest BCUT2D eigenvalue weighted by Gasteiger charge is -2.19. The van der Waals surface area contributed by atoms with Gasteiger partial charge in [0.2, 0.25) is 18.1 Å². The van der Waals surface area contributed by atoms with Crippen LogP contribution in [0.15, 0.2) is 52.7 Å². The van der Waals surface area contributed by atoms with Crippen LogP contribution in [-0.4, -0.2) is 35.5 Å². The van der Waals surface area contributed by atoms with E-state index in [1.54, 1.807) is 18.5 Å². The summed E-state index contributed by atoms with van der Waals surface area (Å²) < 4.78 is 18.6. The van der Waals surface area contributed by atoms with Gasteiger partial charge in [-0.25, -0.2) is 4.98 Å². The van der Waals surface area contributed by atoms with E-state index in [4.69, 9.17) is 9.68 Å². The number of aliphatic imine (C=N–C) groups is 1. The van der Waals surface area contributed by atoms with E-state index < -0.39 is 5.95 Å². The second kappa shape index (κ2) is 11.0. The van der Waals surface area contributed by atoms with Gasteiger partial charge in [-0.05, 0) is 43.4 Å². The first kappa shape index (κ1) is 21.4. The molecule has 2 N–H and O–H groups in total. The molecule has 0 spiro atoms. The molecule has 8 heteroatoms. The lowest BCUT2D eigenvalue weighted by Crippen LogP contribution is -2.31. The number of halogens is 1. The number of nitriles is 1. The lowest BCUT2D eigenvalue weighted by molar-refractivity contribution is 0.419. The van der Waals surface area contributed by atoms with Crippen LogP contribution in [0.3, 0.4) is 0 Å². The first-order valence-electron chi connectivity index (χ1n) is 10.2. The van der Waals surface area contributed by atoms with Gasteiger partial charge in [0.25, 0.3) is 0 Å². The Balaban J connectivity index is 1.31. The number of guanidine groups is 1. The maximum atomic E-state index is 13.2. The Kier molecular flexibility index (Phi) is 7.84. The Morgan fingerprint density at radius 2 is 2.30 bits per heavy atom. The smallest absolute Gasteiger partial charge is 0.214 e. The number of pyridine rings is 1. The maximum Gasteiger partial charge on any atom is 0.214 e. The molecule has 0 amide bonds. The fourth-order valence-corrected chi connectivity index (χ4v) is 3.63. The molecule has 158 valence electrons. The van der Waals surface area contributed by atoms with Gasteiger partial charge in [0.05, 0.1) is 12.0 Å². The molecule has 1 aliphatic heterocycles. The normalized spacial score (nSPS) is 16.3. The Morgan fingerprint density at radius 3 is 3.07 bits per heavy atom. The molecule has 0 aromatic carbocycles. The molecule has 0 saturated carbocycles. The second-order valence-corrected chi connectivity index (χ2v) is 7.35. The topological polar surface area (TPSA) is 89.5 Å². The molecule has 0 radical (unpaired) electrons. The summed E-state index contributed by atoms with van der Waals surface area (Å²) in [6.07, 6.45) is 10.4. The van der Waals surface area contributed by atoms with E-state index in [9.17, 15) is 4.39 Å². The van der Waals surface area contributed by atoms with Crippen molar-refractivity contribution in [1.82, 2.24) is 15.2 Å². The minimum atomic E-state index is -0.588. The van der Waals surface area contributed by atoms with Gasteiger partial charge < -0.3 is 20.0 Å². The molecule has 1 saturated heterocycles. The third-order valence-corrected chi connectivity index (χ3v) is 5.21. The number of nitrogens with one attached hydrogen (secondary N) is 2. The van der Waals surface area contributed by atoms with E-state index in [1.165, 1.54) is 25.1 Å². The van der Waals surface area contributed by atoms with Crippen LogP contribution >= 0.6 is 0 Å². The Morgan fingerprint density at radius 1 is 1.40 bits per heavy atom. The van der Waals surface area contributed by atoms with Crippen molar-refractivity contribution >= 4 is 17.3 Å². The minimum Gasteiger partial charge on any atom is -0.463 e. The minimum absolute atomic E-state index is 0.311. The van der Waals surface area contributed by atoms with E-state index >= 15 is 0 Å². The third kappa shape index (κ3) is 6.34. The largest absolute Gasteiger partial charge is 0.463 e. The second-order valence-electron chi connectivity index (χ2n) is 7.35. The van der Waals surface area contributed by atoms with Crippen LogP contribution in [0.5, 0.6) is 0 Å². The molecule has 1 unspecified atom stereocenters. The summed E-state index contributed by atoms with van der Waals surface area (Å²) in [5, 5.41) is 14.8. The van der Waals surface area contributed by atoms with E-state index in [0.717, 1.165) is 43.8 Å². The summed E-state index contributed by atoms with van der Waals surface area (Å²) in [7, 11) is 0. The highest BCUT2D eigenvalue weighted by molar-refractivity contribution is 5.94. The Hall–Kier alpha value is -3.34. The zero-order chi connectivity index (χ0) is 21.2. The molecule has 1 atom stereocenters. The number of anilines is 1. The van der Waals surface area contributed by atoms with Crippen molar-refractivity contribution in [2.45, 2.75) is 32.1 Å². The van der Waals surface area contributed by atoms with Gasteiger partial charge in [-0.3, -0.25) is 0 Å². The predicted molar refractivity (Wildman–Crippen MR) is 115 cm³/mol. The average molecular weight is 410 g/mol. The first-order chi connectivity index (χ1) is 14.7. The highest BCUT2D eigenvalue weighted by Crippen LogP contribution is 2.28. The van der Waals surface area contributed by atoms with Crippen LogP contribution in [-0.2, 0) is 0 Å². The molecule has 2 aromatic rings. The summed E-state index contributed by atoms with van der Waals surface area (Å²) in [4.78, 5) is 9.52. The van der Waals surface area contributed by atoms with Gasteiger partial charge in [0, 0.05) is 37.6 Å². The molecule has 30 heavy (non-hydrogen) atoms. The van der Waals surface area contributed by atoms with Gasteiger partial charge in [-0.15, -0.1) is 4.99 Å². The molecule has 1 fully saturated rings. The van der Waals surface area contributed by atoms with Crippen molar-refractivity contribution in [3.8, 4) is 6.19 Å². The van der Waals surface area contributed by atoms with Crippen molar-refractivity contribution in [2.24, 2.45) is 10.9 Å². The molecule has 2 aromatic heterocycles. The maximum absolute atomic E-state index is 13.2. The van der Waals surface area contributed by atoms with Crippen LogP contribution in [0, 0.1) is 23.3 Å². The fourth-order valence-electron chi connectivity index (χ4n) is 3.63. The van der Waals surface area contributed by atoms with Gasteiger partial charge in [0.15, 0.2) is 0 Å². The molecule has 0 bridgehead atoms. The van der Waals surface area contributed by atoms with Gasteiger partial charge in [0.1, 0.15) is 5.76 Å². The molecular weight excluding hydrogens is 383 g/mol. The standard InChI is InChI=1S/C22H27FN6O/c1-17(20-7-5-13-30-20)29-12-9-18(15-29)6-3-2-4-10-26-22(27-16-24)28-19-8-11-25-21(23)14-19/h5,7-8,11,13-14,18H,1-4,6,9-10,12,15H2,(H2,25,26,27,28). The molecule has 1 aliphatic rings. The number of nitrogens with zero attached hydrogens (tertiary/aromatic N) is 4. The molecule has 7 nitrogen and oxygen atoms in total. The number of aromatic nitrogens is 1. The van der Waals surface area contributed by atoms with E-state index in [-0.39, 0.29) is 0 Å². The molecular formula is C22H27FN6O. The monoisotopic (exact) mass is 410 g/mol. The van der Waals surface area contributed by atoms with Crippen molar-refractivity contribution in [3.63, 3.8) is 0 Å². The van der Waals surface area contributed by atoms with Crippen LogP contribution in [0.1, 0.15) is 37.9 Å². The fraction of sp³-hybridized carbons (Fsp3) is 0.409. The Bertz CT molecular complexity index is 889. The van der Waals surface area contributed by atoms with E-state index in [0.29, 0.717) is 24.1 Å². The Labute approximate surface area is 176 Å². The van der Waals surface area contributed by atoms with Crippen molar-refractivity contribution in [2.75, 3.05) is 25.0 Å². The number of hydrogen-bond donors (Lipinski definition) is 2. The summed E-state index contributed by atoms with van der Waals surface area (Å²) in [5.41, 5.74) is 1.46. The summed E-state index contributed by atoms with van der Waals surface area (Å²) in [5.74, 6) is 1.25. The van der Waals surface area contributed by atoms with Crippen molar-refractivity contribution in [1.29, 1.82) is 5.26 Å². The number of unbranched alkanes of at least 4 members (excludes halogenated alkanes) is 2.